The Morgan fingerprint density at radius 3 is 2.77 bits per heavy atom. The maximum Gasteiger partial charge on any atom is 0.193 e. The molecule has 2 rings (SSSR count). The van der Waals surface area contributed by atoms with Crippen LogP contribution in [0.1, 0.15) is 21.7 Å². The fraction of sp³-hybridized carbons (Fsp3) is 0.467. The summed E-state index contributed by atoms with van der Waals surface area (Å²) in [5.74, 6) is 0.886. The monoisotopic (exact) mass is 356 g/mol. The Morgan fingerprint density at radius 2 is 2.18 bits per heavy atom. The van der Waals surface area contributed by atoms with Gasteiger partial charge in [-0.3, -0.25) is 4.99 Å². The molecule has 0 fully saturated rings. The van der Waals surface area contributed by atoms with E-state index in [0.29, 0.717) is 0 Å². The zero-order valence-corrected chi connectivity index (χ0v) is 15.5. The summed E-state index contributed by atoms with van der Waals surface area (Å²) >= 11 is 9.36. The Bertz CT molecular complexity index is 621. The molecule has 0 unspecified atom stereocenters. The molecule has 2 heterocycles. The van der Waals surface area contributed by atoms with Gasteiger partial charge in [-0.05, 0) is 18.6 Å². The summed E-state index contributed by atoms with van der Waals surface area (Å²) in [5, 5.41) is 4.56. The second-order valence-electron chi connectivity index (χ2n) is 4.86. The lowest BCUT2D eigenvalue weighted by Gasteiger charge is -2.21. The smallest absolute Gasteiger partial charge is 0.193 e. The van der Waals surface area contributed by atoms with Crippen molar-refractivity contribution in [3.05, 3.63) is 37.4 Å². The average molecular weight is 357 g/mol. The summed E-state index contributed by atoms with van der Waals surface area (Å²) in [7, 11) is 3.83. The van der Waals surface area contributed by atoms with E-state index < -0.39 is 0 Å². The number of hydrogen-bond acceptors (Lipinski definition) is 4. The van der Waals surface area contributed by atoms with Crippen LogP contribution in [0.15, 0.2) is 23.3 Å². The number of aliphatic imine (C=N–C) groups is 1. The van der Waals surface area contributed by atoms with Gasteiger partial charge in [0.05, 0.1) is 15.9 Å². The third-order valence-electron chi connectivity index (χ3n) is 3.17. The second kappa shape index (κ2) is 8.50. The molecule has 0 aliphatic carbocycles. The van der Waals surface area contributed by atoms with E-state index in [1.807, 2.05) is 19.3 Å². The first-order valence-electron chi connectivity index (χ1n) is 7.22. The first kappa shape index (κ1) is 17.2. The largest absolute Gasteiger partial charge is 0.356 e. The minimum Gasteiger partial charge on any atom is -0.356 e. The lowest BCUT2D eigenvalue weighted by molar-refractivity contribution is 0.482. The Labute approximate surface area is 144 Å². The number of halogens is 1. The molecule has 2 aromatic heterocycles. The quantitative estimate of drug-likeness (QED) is 0.634. The molecule has 0 atom stereocenters. The van der Waals surface area contributed by atoms with Gasteiger partial charge in [0.2, 0.25) is 0 Å². The number of thiophene rings is 1. The standard InChI is InChI=1S/C15H21ClN4S2/c1-4-11-9-19-14(22-11)7-8-18-15(17-2)20(3)10-12-5-6-13(16)21-12/h5-6,9H,4,7-8,10H2,1-3H3,(H,17,18). The van der Waals surface area contributed by atoms with Crippen molar-refractivity contribution in [3.8, 4) is 0 Å². The number of aryl methyl sites for hydroxylation is 1. The maximum absolute atomic E-state index is 5.97. The van der Waals surface area contributed by atoms with Crippen LogP contribution in [0.4, 0.5) is 0 Å². The molecular weight excluding hydrogens is 336 g/mol. The Kier molecular flexibility index (Phi) is 6.67. The molecular formula is C15H21ClN4S2. The Balaban J connectivity index is 1.81. The highest BCUT2D eigenvalue weighted by Crippen LogP contribution is 2.22. The Morgan fingerprint density at radius 1 is 1.36 bits per heavy atom. The highest BCUT2D eigenvalue weighted by Gasteiger charge is 2.08. The number of hydrogen-bond donors (Lipinski definition) is 1. The van der Waals surface area contributed by atoms with Gasteiger partial charge in [0, 0.05) is 43.0 Å². The highest BCUT2D eigenvalue weighted by atomic mass is 35.5. The van der Waals surface area contributed by atoms with Gasteiger partial charge in [-0.15, -0.1) is 22.7 Å². The van der Waals surface area contributed by atoms with Gasteiger partial charge in [-0.2, -0.15) is 0 Å². The molecule has 0 spiro atoms. The van der Waals surface area contributed by atoms with Crippen LogP contribution in [0.3, 0.4) is 0 Å². The van der Waals surface area contributed by atoms with E-state index in [2.05, 4.69) is 33.2 Å². The van der Waals surface area contributed by atoms with Crippen molar-refractivity contribution in [2.24, 2.45) is 4.99 Å². The van der Waals surface area contributed by atoms with E-state index >= 15 is 0 Å². The van der Waals surface area contributed by atoms with Gasteiger partial charge in [0.25, 0.3) is 0 Å². The van der Waals surface area contributed by atoms with Gasteiger partial charge in [0.1, 0.15) is 0 Å². The molecule has 22 heavy (non-hydrogen) atoms. The fourth-order valence-electron chi connectivity index (χ4n) is 2.04. The molecule has 1 N–H and O–H groups in total. The van der Waals surface area contributed by atoms with Crippen molar-refractivity contribution in [1.29, 1.82) is 0 Å². The van der Waals surface area contributed by atoms with Crippen LogP contribution in [-0.2, 0) is 19.4 Å². The lowest BCUT2D eigenvalue weighted by atomic mass is 10.4. The van der Waals surface area contributed by atoms with Crippen LogP contribution in [0, 0.1) is 0 Å². The van der Waals surface area contributed by atoms with E-state index in [-0.39, 0.29) is 0 Å². The van der Waals surface area contributed by atoms with Crippen LogP contribution < -0.4 is 5.32 Å². The topological polar surface area (TPSA) is 40.5 Å². The van der Waals surface area contributed by atoms with Gasteiger partial charge in [-0.1, -0.05) is 18.5 Å². The van der Waals surface area contributed by atoms with Crippen LogP contribution in [0.2, 0.25) is 4.34 Å². The van der Waals surface area contributed by atoms with Crippen LogP contribution in [-0.4, -0.2) is 36.5 Å². The fourth-order valence-corrected chi connectivity index (χ4v) is 4.04. The lowest BCUT2D eigenvalue weighted by Crippen LogP contribution is -2.39. The zero-order valence-electron chi connectivity index (χ0n) is 13.1. The van der Waals surface area contributed by atoms with Crippen molar-refractivity contribution in [1.82, 2.24) is 15.2 Å². The number of guanidine groups is 1. The molecule has 2 aromatic rings. The molecule has 0 saturated heterocycles. The number of nitrogens with zero attached hydrogens (tertiary/aromatic N) is 3. The van der Waals surface area contributed by atoms with Gasteiger partial charge < -0.3 is 10.2 Å². The summed E-state index contributed by atoms with van der Waals surface area (Å²) < 4.78 is 0.821. The van der Waals surface area contributed by atoms with Crippen molar-refractivity contribution in [2.75, 3.05) is 20.6 Å². The second-order valence-corrected chi connectivity index (χ2v) is 7.86. The van der Waals surface area contributed by atoms with Gasteiger partial charge >= 0.3 is 0 Å². The first-order chi connectivity index (χ1) is 10.6. The minimum atomic E-state index is 0.800. The van der Waals surface area contributed by atoms with E-state index in [0.717, 1.165) is 36.2 Å². The van der Waals surface area contributed by atoms with E-state index in [1.54, 1.807) is 29.7 Å². The predicted octanol–water partition coefficient (Wildman–Crippen LogP) is 3.67. The van der Waals surface area contributed by atoms with Crippen molar-refractivity contribution < 1.29 is 0 Å². The van der Waals surface area contributed by atoms with Crippen molar-refractivity contribution >= 4 is 40.2 Å². The summed E-state index contributed by atoms with van der Waals surface area (Å²) in [4.78, 5) is 13.4. The zero-order chi connectivity index (χ0) is 15.9. The van der Waals surface area contributed by atoms with Crippen LogP contribution >= 0.6 is 34.3 Å². The molecule has 4 nitrogen and oxygen atoms in total. The van der Waals surface area contributed by atoms with Crippen molar-refractivity contribution in [2.45, 2.75) is 26.3 Å². The van der Waals surface area contributed by atoms with Crippen molar-refractivity contribution in [3.63, 3.8) is 0 Å². The first-order valence-corrected chi connectivity index (χ1v) is 9.23. The van der Waals surface area contributed by atoms with E-state index in [9.17, 15) is 0 Å². The summed E-state index contributed by atoms with van der Waals surface area (Å²) in [6.45, 7) is 3.79. The molecule has 0 aliphatic heterocycles. The summed E-state index contributed by atoms with van der Waals surface area (Å²) in [6, 6.07) is 3.98. The molecule has 0 bridgehead atoms. The highest BCUT2D eigenvalue weighted by molar-refractivity contribution is 7.16. The average Bonchev–Trinajstić information content (AvgIpc) is 3.12. The molecule has 7 heteroatoms. The van der Waals surface area contributed by atoms with Gasteiger partial charge in [0.15, 0.2) is 5.96 Å². The molecule has 0 radical (unpaired) electrons. The number of rotatable bonds is 6. The summed E-state index contributed by atoms with van der Waals surface area (Å²) in [6.07, 6.45) is 3.95. The predicted molar refractivity (Wildman–Crippen MR) is 97.4 cm³/mol. The summed E-state index contributed by atoms with van der Waals surface area (Å²) in [5.41, 5.74) is 0. The third-order valence-corrected chi connectivity index (χ3v) is 5.58. The molecule has 0 aromatic carbocycles. The maximum atomic E-state index is 5.97. The van der Waals surface area contributed by atoms with Crippen LogP contribution in [0.5, 0.6) is 0 Å². The molecule has 120 valence electrons. The molecule has 0 amide bonds. The molecule has 0 saturated carbocycles. The van der Waals surface area contributed by atoms with Crippen LogP contribution in [0.25, 0.3) is 0 Å². The SMILES string of the molecule is CCc1cnc(CCNC(=NC)N(C)Cc2ccc(Cl)s2)s1. The molecule has 0 aliphatic rings. The normalized spacial score (nSPS) is 11.7. The van der Waals surface area contributed by atoms with E-state index in [1.165, 1.54) is 14.8 Å². The third kappa shape index (κ3) is 4.97. The number of nitrogens with one attached hydrogen (secondary N) is 1. The van der Waals surface area contributed by atoms with Gasteiger partial charge in [-0.25, -0.2) is 4.98 Å². The number of thiazole rings is 1. The number of aromatic nitrogens is 1. The Hall–Kier alpha value is -1.11. The van der Waals surface area contributed by atoms with E-state index in [4.69, 9.17) is 11.6 Å². The minimum absolute atomic E-state index is 0.800.